The van der Waals surface area contributed by atoms with Gasteiger partial charge in [-0.25, -0.2) is 0 Å². The molecule has 2 aromatic rings. The van der Waals surface area contributed by atoms with Crippen LogP contribution in [0.15, 0.2) is 46.9 Å². The molecule has 2 aromatic carbocycles. The summed E-state index contributed by atoms with van der Waals surface area (Å²) < 4.78 is 0.811. The van der Waals surface area contributed by atoms with Gasteiger partial charge in [-0.1, -0.05) is 24.3 Å². The minimum absolute atomic E-state index is 0.0569. The molecule has 0 radical (unpaired) electrons. The van der Waals surface area contributed by atoms with Gasteiger partial charge < -0.3 is 11.1 Å². The number of aryl methyl sites for hydroxylation is 1. The summed E-state index contributed by atoms with van der Waals surface area (Å²) in [5, 5.41) is 3.11. The molecule has 108 valence electrons. The van der Waals surface area contributed by atoms with Gasteiger partial charge in [0, 0.05) is 21.8 Å². The summed E-state index contributed by atoms with van der Waals surface area (Å²) in [7, 11) is 0. The quantitative estimate of drug-likeness (QED) is 0.821. The molecule has 4 heteroatoms. The summed E-state index contributed by atoms with van der Waals surface area (Å²) in [6.45, 7) is 0. The fourth-order valence-electron chi connectivity index (χ4n) is 2.77. The number of nitrogens with one attached hydrogen (secondary N) is 1. The minimum atomic E-state index is -0.0569. The second-order valence-electron chi connectivity index (χ2n) is 5.42. The van der Waals surface area contributed by atoms with Crippen LogP contribution in [-0.2, 0) is 12.8 Å². The van der Waals surface area contributed by atoms with E-state index >= 15 is 0 Å². The lowest BCUT2D eigenvalue weighted by Gasteiger charge is -2.25. The molecule has 3 rings (SSSR count). The number of carbonyl (C=O) groups is 1. The molecule has 1 aliphatic rings. The molecule has 0 saturated carbocycles. The van der Waals surface area contributed by atoms with Gasteiger partial charge in [0.15, 0.2) is 0 Å². The van der Waals surface area contributed by atoms with Crippen molar-refractivity contribution in [3.63, 3.8) is 0 Å². The molecule has 3 nitrogen and oxygen atoms in total. The Labute approximate surface area is 132 Å². The van der Waals surface area contributed by atoms with E-state index in [1.54, 1.807) is 18.2 Å². The van der Waals surface area contributed by atoms with E-state index in [4.69, 9.17) is 5.73 Å². The zero-order valence-corrected chi connectivity index (χ0v) is 13.2. The third-order valence-electron chi connectivity index (χ3n) is 3.94. The second-order valence-corrected chi connectivity index (χ2v) is 6.27. The molecular weight excluding hydrogens is 328 g/mol. The van der Waals surface area contributed by atoms with E-state index in [0.717, 1.165) is 23.7 Å². The summed E-state index contributed by atoms with van der Waals surface area (Å²) in [5.74, 6) is -0.0569. The molecule has 1 amide bonds. The topological polar surface area (TPSA) is 55.1 Å². The van der Waals surface area contributed by atoms with E-state index in [0.29, 0.717) is 11.3 Å². The van der Waals surface area contributed by atoms with Gasteiger partial charge in [0.2, 0.25) is 0 Å². The first kappa shape index (κ1) is 14.1. The van der Waals surface area contributed by atoms with Crippen LogP contribution in [0, 0.1) is 0 Å². The van der Waals surface area contributed by atoms with E-state index in [-0.39, 0.29) is 11.9 Å². The Kier molecular flexibility index (Phi) is 3.97. The van der Waals surface area contributed by atoms with Gasteiger partial charge in [0.05, 0.1) is 0 Å². The van der Waals surface area contributed by atoms with E-state index in [1.165, 1.54) is 11.1 Å². The number of benzene rings is 2. The second kappa shape index (κ2) is 5.90. The molecule has 0 heterocycles. The monoisotopic (exact) mass is 344 g/mol. The predicted octanol–water partition coefficient (Wildman–Crippen LogP) is 3.32. The molecular formula is C17H17BrN2O. The molecule has 0 bridgehead atoms. The number of fused-ring (bicyclic) bond motifs is 1. The molecule has 3 N–H and O–H groups in total. The number of carbonyl (C=O) groups excluding carboxylic acids is 1. The van der Waals surface area contributed by atoms with Crippen molar-refractivity contribution in [1.82, 2.24) is 5.32 Å². The van der Waals surface area contributed by atoms with Crippen LogP contribution in [0.1, 0.15) is 27.9 Å². The van der Waals surface area contributed by atoms with Crippen LogP contribution in [-0.4, -0.2) is 11.9 Å². The van der Waals surface area contributed by atoms with Gasteiger partial charge in [-0.2, -0.15) is 0 Å². The molecule has 0 aliphatic heterocycles. The number of hydrogen-bond donors (Lipinski definition) is 2. The summed E-state index contributed by atoms with van der Waals surface area (Å²) in [5.41, 5.74) is 9.75. The first-order valence-corrected chi connectivity index (χ1v) is 7.85. The van der Waals surface area contributed by atoms with Crippen LogP contribution < -0.4 is 11.1 Å². The first-order valence-electron chi connectivity index (χ1n) is 7.06. The number of halogens is 1. The van der Waals surface area contributed by atoms with Crippen molar-refractivity contribution in [2.75, 3.05) is 5.73 Å². The lowest BCUT2D eigenvalue weighted by Crippen LogP contribution is -2.38. The van der Waals surface area contributed by atoms with Gasteiger partial charge in [0.25, 0.3) is 5.91 Å². The van der Waals surface area contributed by atoms with Crippen LogP contribution in [0.3, 0.4) is 0 Å². The summed E-state index contributed by atoms with van der Waals surface area (Å²) >= 11 is 3.34. The Morgan fingerprint density at radius 3 is 2.71 bits per heavy atom. The van der Waals surface area contributed by atoms with Crippen molar-refractivity contribution in [3.05, 3.63) is 63.6 Å². The van der Waals surface area contributed by atoms with Crippen molar-refractivity contribution in [1.29, 1.82) is 0 Å². The number of anilines is 1. The molecule has 1 atom stereocenters. The summed E-state index contributed by atoms with van der Waals surface area (Å²) in [6, 6.07) is 13.9. The summed E-state index contributed by atoms with van der Waals surface area (Å²) in [4.78, 5) is 12.3. The number of hydrogen-bond acceptors (Lipinski definition) is 2. The predicted molar refractivity (Wildman–Crippen MR) is 88.3 cm³/mol. The summed E-state index contributed by atoms with van der Waals surface area (Å²) in [6.07, 6.45) is 2.90. The average molecular weight is 345 g/mol. The lowest BCUT2D eigenvalue weighted by molar-refractivity contribution is 0.0933. The smallest absolute Gasteiger partial charge is 0.251 e. The number of rotatable bonds is 2. The van der Waals surface area contributed by atoms with Crippen molar-refractivity contribution >= 4 is 27.5 Å². The van der Waals surface area contributed by atoms with Crippen molar-refractivity contribution in [2.24, 2.45) is 0 Å². The van der Waals surface area contributed by atoms with Crippen molar-refractivity contribution < 1.29 is 4.79 Å². The van der Waals surface area contributed by atoms with Crippen LogP contribution in [0.25, 0.3) is 0 Å². The Hall–Kier alpha value is -1.81. The Bertz CT molecular complexity index is 684. The van der Waals surface area contributed by atoms with Crippen LogP contribution in [0.4, 0.5) is 5.69 Å². The third kappa shape index (κ3) is 3.10. The Morgan fingerprint density at radius 2 is 1.95 bits per heavy atom. The van der Waals surface area contributed by atoms with Gasteiger partial charge in [-0.15, -0.1) is 0 Å². The lowest BCUT2D eigenvalue weighted by atomic mass is 9.88. The van der Waals surface area contributed by atoms with Gasteiger partial charge in [-0.3, -0.25) is 4.79 Å². The highest BCUT2D eigenvalue weighted by Crippen LogP contribution is 2.23. The minimum Gasteiger partial charge on any atom is -0.398 e. The van der Waals surface area contributed by atoms with E-state index in [9.17, 15) is 4.79 Å². The fourth-order valence-corrected chi connectivity index (χ4v) is 3.02. The van der Waals surface area contributed by atoms with Crippen LogP contribution >= 0.6 is 15.9 Å². The molecule has 21 heavy (non-hydrogen) atoms. The number of nitrogen functional groups attached to an aromatic ring is 1. The van der Waals surface area contributed by atoms with E-state index < -0.39 is 0 Å². The van der Waals surface area contributed by atoms with Crippen LogP contribution in [0.2, 0.25) is 0 Å². The number of amides is 1. The number of nitrogens with two attached hydrogens (primary N) is 1. The third-order valence-corrected chi connectivity index (χ3v) is 4.66. The van der Waals surface area contributed by atoms with Crippen molar-refractivity contribution in [2.45, 2.75) is 25.3 Å². The standard InChI is InChI=1S/C17H17BrN2O/c18-15-8-6-13(10-16(15)19)17(21)20-14-7-5-11-3-1-2-4-12(11)9-14/h1-4,6,8,10,14H,5,7,9,19H2,(H,20,21). The van der Waals surface area contributed by atoms with Gasteiger partial charge in [0.1, 0.15) is 0 Å². The molecule has 0 spiro atoms. The molecule has 0 fully saturated rings. The molecule has 0 saturated heterocycles. The highest BCUT2D eigenvalue weighted by atomic mass is 79.9. The Morgan fingerprint density at radius 1 is 1.19 bits per heavy atom. The van der Waals surface area contributed by atoms with Crippen LogP contribution in [0.5, 0.6) is 0 Å². The highest BCUT2D eigenvalue weighted by Gasteiger charge is 2.20. The largest absolute Gasteiger partial charge is 0.398 e. The average Bonchev–Trinajstić information content (AvgIpc) is 2.50. The maximum atomic E-state index is 12.3. The van der Waals surface area contributed by atoms with Gasteiger partial charge >= 0.3 is 0 Å². The Balaban J connectivity index is 1.70. The molecule has 1 aliphatic carbocycles. The van der Waals surface area contributed by atoms with E-state index in [1.807, 2.05) is 0 Å². The molecule has 0 aromatic heterocycles. The fraction of sp³-hybridized carbons (Fsp3) is 0.235. The zero-order chi connectivity index (χ0) is 14.8. The van der Waals surface area contributed by atoms with Crippen molar-refractivity contribution in [3.8, 4) is 0 Å². The highest BCUT2D eigenvalue weighted by molar-refractivity contribution is 9.10. The first-order chi connectivity index (χ1) is 10.1. The maximum absolute atomic E-state index is 12.3. The molecule has 1 unspecified atom stereocenters. The van der Waals surface area contributed by atoms with Gasteiger partial charge in [-0.05, 0) is 64.5 Å². The normalized spacial score (nSPS) is 17.1. The van der Waals surface area contributed by atoms with E-state index in [2.05, 4.69) is 45.5 Å². The SMILES string of the molecule is Nc1cc(C(=O)NC2CCc3ccccc3C2)ccc1Br. The zero-order valence-electron chi connectivity index (χ0n) is 11.6. The maximum Gasteiger partial charge on any atom is 0.251 e.